The summed E-state index contributed by atoms with van der Waals surface area (Å²) >= 11 is 0. The number of hydrogen-bond donors (Lipinski definition) is 4. The van der Waals surface area contributed by atoms with Gasteiger partial charge >= 0.3 is 0 Å². The molecule has 28 heavy (non-hydrogen) atoms. The SMILES string of the molecule is CC(C)(C)NC(=O)C[NH+]1CCC[NH+](CC(=O)Nc2ccc3c(c2)OCO3)CC1. The quantitative estimate of drug-likeness (QED) is 0.489. The van der Waals surface area contributed by atoms with Gasteiger partial charge in [0.25, 0.3) is 11.8 Å². The maximum Gasteiger partial charge on any atom is 0.279 e. The summed E-state index contributed by atoms with van der Waals surface area (Å²) in [6, 6.07) is 5.42. The molecular formula is C20H32N4O4+2. The molecule has 2 atom stereocenters. The molecule has 0 saturated carbocycles. The minimum absolute atomic E-state index is 0.0113. The number of carbonyl (C=O) groups is 2. The number of carbonyl (C=O) groups excluding carboxylic acids is 2. The Morgan fingerprint density at radius 3 is 2.29 bits per heavy atom. The highest BCUT2D eigenvalue weighted by molar-refractivity contribution is 5.91. The minimum atomic E-state index is -0.202. The average molecular weight is 393 g/mol. The molecule has 1 fully saturated rings. The molecule has 2 unspecified atom stereocenters. The number of anilines is 1. The predicted molar refractivity (Wildman–Crippen MR) is 105 cm³/mol. The first-order valence-electron chi connectivity index (χ1n) is 9.96. The minimum Gasteiger partial charge on any atom is -0.454 e. The summed E-state index contributed by atoms with van der Waals surface area (Å²) < 4.78 is 10.6. The monoisotopic (exact) mass is 392 g/mol. The summed E-state index contributed by atoms with van der Waals surface area (Å²) in [5.41, 5.74) is 0.515. The summed E-state index contributed by atoms with van der Waals surface area (Å²) in [5.74, 6) is 1.44. The van der Waals surface area contributed by atoms with Crippen LogP contribution in [0.2, 0.25) is 0 Å². The van der Waals surface area contributed by atoms with Crippen LogP contribution in [0.3, 0.4) is 0 Å². The van der Waals surface area contributed by atoms with Crippen LogP contribution in [0.15, 0.2) is 18.2 Å². The van der Waals surface area contributed by atoms with E-state index >= 15 is 0 Å². The Kier molecular flexibility index (Phi) is 6.41. The van der Waals surface area contributed by atoms with E-state index in [1.54, 1.807) is 12.1 Å². The van der Waals surface area contributed by atoms with Gasteiger partial charge in [-0.05, 0) is 32.9 Å². The Balaban J connectivity index is 1.44. The van der Waals surface area contributed by atoms with Gasteiger partial charge in [-0.25, -0.2) is 0 Å². The molecule has 8 nitrogen and oxygen atoms in total. The fourth-order valence-corrected chi connectivity index (χ4v) is 3.64. The second kappa shape index (κ2) is 8.79. The number of fused-ring (bicyclic) bond motifs is 1. The number of nitrogens with one attached hydrogen (secondary N) is 4. The highest BCUT2D eigenvalue weighted by Crippen LogP contribution is 2.34. The van der Waals surface area contributed by atoms with Crippen LogP contribution >= 0.6 is 0 Å². The fraction of sp³-hybridized carbons (Fsp3) is 0.600. The van der Waals surface area contributed by atoms with Crippen molar-refractivity contribution in [1.29, 1.82) is 0 Å². The Bertz CT molecular complexity index is 717. The van der Waals surface area contributed by atoms with Gasteiger partial charge in [0.1, 0.15) is 13.1 Å². The highest BCUT2D eigenvalue weighted by atomic mass is 16.7. The van der Waals surface area contributed by atoms with Crippen LogP contribution in [0.5, 0.6) is 11.5 Å². The molecule has 4 N–H and O–H groups in total. The molecule has 154 valence electrons. The van der Waals surface area contributed by atoms with Gasteiger partial charge in [0.05, 0.1) is 13.1 Å². The first-order chi connectivity index (χ1) is 13.3. The van der Waals surface area contributed by atoms with E-state index in [4.69, 9.17) is 9.47 Å². The van der Waals surface area contributed by atoms with E-state index in [0.717, 1.165) is 38.3 Å². The van der Waals surface area contributed by atoms with Crippen molar-refractivity contribution in [2.45, 2.75) is 32.7 Å². The third-order valence-corrected chi connectivity index (χ3v) is 4.88. The van der Waals surface area contributed by atoms with Gasteiger partial charge in [-0.15, -0.1) is 0 Å². The molecule has 2 heterocycles. The smallest absolute Gasteiger partial charge is 0.279 e. The molecule has 1 saturated heterocycles. The van der Waals surface area contributed by atoms with E-state index < -0.39 is 0 Å². The average Bonchev–Trinajstić information content (AvgIpc) is 2.94. The molecule has 2 aliphatic rings. The van der Waals surface area contributed by atoms with E-state index in [9.17, 15) is 9.59 Å². The highest BCUT2D eigenvalue weighted by Gasteiger charge is 2.25. The van der Waals surface area contributed by atoms with Gasteiger partial charge < -0.3 is 29.9 Å². The number of amides is 2. The Morgan fingerprint density at radius 2 is 1.61 bits per heavy atom. The van der Waals surface area contributed by atoms with Crippen LogP contribution in [0.25, 0.3) is 0 Å². The standard InChI is InChI=1S/C20H30N4O4/c1-20(2,3)22-19(26)13-24-8-4-7-23(9-10-24)12-18(25)21-15-5-6-16-17(11-15)28-14-27-16/h5-6,11H,4,7-10,12-14H2,1-3H3,(H,21,25)(H,22,26)/p+2. The zero-order chi connectivity index (χ0) is 20.1. The van der Waals surface area contributed by atoms with E-state index in [1.165, 1.54) is 9.80 Å². The van der Waals surface area contributed by atoms with Crippen molar-refractivity contribution in [1.82, 2.24) is 5.32 Å². The second-order valence-electron chi connectivity index (χ2n) is 8.62. The Hall–Kier alpha value is -2.32. The molecular weight excluding hydrogens is 360 g/mol. The molecule has 2 amide bonds. The van der Waals surface area contributed by atoms with Crippen LogP contribution in [0.4, 0.5) is 5.69 Å². The molecule has 1 aromatic carbocycles. The molecule has 2 aliphatic heterocycles. The van der Waals surface area contributed by atoms with Gasteiger partial charge in [-0.3, -0.25) is 9.59 Å². The maximum absolute atomic E-state index is 12.4. The van der Waals surface area contributed by atoms with Crippen molar-refractivity contribution in [3.63, 3.8) is 0 Å². The van der Waals surface area contributed by atoms with Gasteiger partial charge in [0.15, 0.2) is 24.6 Å². The third-order valence-electron chi connectivity index (χ3n) is 4.88. The van der Waals surface area contributed by atoms with Crippen molar-refractivity contribution in [3.05, 3.63) is 18.2 Å². The maximum atomic E-state index is 12.4. The lowest BCUT2D eigenvalue weighted by Crippen LogP contribution is -3.18. The van der Waals surface area contributed by atoms with Crippen molar-refractivity contribution in [2.75, 3.05) is 51.4 Å². The second-order valence-corrected chi connectivity index (χ2v) is 8.62. The lowest BCUT2D eigenvalue weighted by molar-refractivity contribution is -0.930. The number of quaternary nitrogens is 2. The van der Waals surface area contributed by atoms with Gasteiger partial charge in [0.2, 0.25) is 6.79 Å². The molecule has 0 radical (unpaired) electrons. The Morgan fingerprint density at radius 1 is 0.964 bits per heavy atom. The van der Waals surface area contributed by atoms with Crippen LogP contribution in [-0.4, -0.2) is 63.4 Å². The van der Waals surface area contributed by atoms with Crippen molar-refractivity contribution in [3.8, 4) is 11.5 Å². The van der Waals surface area contributed by atoms with Crippen LogP contribution in [0.1, 0.15) is 27.2 Å². The van der Waals surface area contributed by atoms with E-state index in [-0.39, 0.29) is 24.1 Å². The van der Waals surface area contributed by atoms with Crippen molar-refractivity contribution < 1.29 is 28.9 Å². The normalized spacial score (nSPS) is 21.7. The summed E-state index contributed by atoms with van der Waals surface area (Å²) in [6.07, 6.45) is 1.00. The molecule has 0 bridgehead atoms. The zero-order valence-electron chi connectivity index (χ0n) is 17.0. The van der Waals surface area contributed by atoms with Gasteiger partial charge in [0, 0.05) is 23.7 Å². The predicted octanol–water partition coefficient (Wildman–Crippen LogP) is -1.56. The summed E-state index contributed by atoms with van der Waals surface area (Å²) in [5, 5.41) is 5.97. The number of rotatable bonds is 5. The Labute approximate surface area is 166 Å². The van der Waals surface area contributed by atoms with Crippen molar-refractivity contribution in [2.24, 2.45) is 0 Å². The van der Waals surface area contributed by atoms with Gasteiger partial charge in [-0.1, -0.05) is 0 Å². The van der Waals surface area contributed by atoms with Crippen LogP contribution in [0, 0.1) is 0 Å². The number of benzene rings is 1. The largest absolute Gasteiger partial charge is 0.454 e. The van der Waals surface area contributed by atoms with Crippen molar-refractivity contribution >= 4 is 17.5 Å². The summed E-state index contributed by atoms with van der Waals surface area (Å²) in [7, 11) is 0. The molecule has 8 heteroatoms. The number of ether oxygens (including phenoxy) is 2. The summed E-state index contributed by atoms with van der Waals surface area (Å²) in [6.45, 7) is 10.8. The van der Waals surface area contributed by atoms with Gasteiger partial charge in [-0.2, -0.15) is 0 Å². The molecule has 3 rings (SSSR count). The number of hydrogen-bond acceptors (Lipinski definition) is 4. The third kappa shape index (κ3) is 6.10. The fourth-order valence-electron chi connectivity index (χ4n) is 3.64. The molecule has 1 aromatic rings. The van der Waals surface area contributed by atoms with Crippen LogP contribution < -0.4 is 29.9 Å². The topological polar surface area (TPSA) is 85.5 Å². The van der Waals surface area contributed by atoms with E-state index in [1.807, 2.05) is 26.8 Å². The molecule has 0 spiro atoms. The van der Waals surface area contributed by atoms with Crippen LogP contribution in [-0.2, 0) is 9.59 Å². The first-order valence-corrected chi connectivity index (χ1v) is 9.96. The lowest BCUT2D eigenvalue weighted by atomic mass is 10.1. The molecule has 0 aromatic heterocycles. The molecule has 0 aliphatic carbocycles. The summed E-state index contributed by atoms with van der Waals surface area (Å²) in [4.78, 5) is 27.1. The zero-order valence-corrected chi connectivity index (χ0v) is 17.0. The first kappa shape index (κ1) is 20.4. The lowest BCUT2D eigenvalue weighted by Gasteiger charge is -2.22. The van der Waals surface area contributed by atoms with E-state index in [2.05, 4.69) is 10.6 Å². The van der Waals surface area contributed by atoms with E-state index in [0.29, 0.717) is 24.6 Å².